The minimum Gasteiger partial charge on any atom is -0.481 e. The van der Waals surface area contributed by atoms with E-state index in [1.54, 1.807) is 17.0 Å². The van der Waals surface area contributed by atoms with Crippen LogP contribution < -0.4 is 15.4 Å². The largest absolute Gasteiger partial charge is 0.481 e. The normalized spacial score (nSPS) is 26.2. The fourth-order valence-corrected chi connectivity index (χ4v) is 2.64. The molecule has 1 saturated heterocycles. The van der Waals surface area contributed by atoms with Gasteiger partial charge in [-0.3, -0.25) is 4.79 Å². The lowest BCUT2D eigenvalue weighted by Gasteiger charge is -2.31. The van der Waals surface area contributed by atoms with Crippen LogP contribution in [0.15, 0.2) is 18.2 Å². The highest BCUT2D eigenvalue weighted by atomic mass is 16.5. The standard InChI is InChI=1S/C14H18N2O3/c1-9-2-4-11(19-9)7-16-12-5-3-10(15)6-13(12)18-8-14(16)17/h3,5-6,9,11H,2,4,7-8,15H2,1H3. The average molecular weight is 262 g/mol. The number of benzene rings is 1. The lowest BCUT2D eigenvalue weighted by Crippen LogP contribution is -2.43. The Morgan fingerprint density at radius 2 is 2.26 bits per heavy atom. The molecule has 102 valence electrons. The number of fused-ring (bicyclic) bond motifs is 1. The summed E-state index contributed by atoms with van der Waals surface area (Å²) in [6, 6.07) is 5.37. The van der Waals surface area contributed by atoms with Crippen molar-refractivity contribution < 1.29 is 14.3 Å². The third kappa shape index (κ3) is 2.38. The van der Waals surface area contributed by atoms with Crippen LogP contribution in [0, 0.1) is 0 Å². The van der Waals surface area contributed by atoms with Gasteiger partial charge in [-0.15, -0.1) is 0 Å². The lowest BCUT2D eigenvalue weighted by molar-refractivity contribution is -0.121. The van der Waals surface area contributed by atoms with E-state index in [1.807, 2.05) is 6.07 Å². The maximum absolute atomic E-state index is 12.0. The summed E-state index contributed by atoms with van der Waals surface area (Å²) >= 11 is 0. The first-order valence-corrected chi connectivity index (χ1v) is 6.61. The van der Waals surface area contributed by atoms with E-state index >= 15 is 0 Å². The average Bonchev–Trinajstić information content (AvgIpc) is 2.78. The van der Waals surface area contributed by atoms with Gasteiger partial charge in [-0.05, 0) is 31.9 Å². The van der Waals surface area contributed by atoms with Crippen LogP contribution >= 0.6 is 0 Å². The molecule has 2 unspecified atom stereocenters. The zero-order valence-corrected chi connectivity index (χ0v) is 11.0. The summed E-state index contributed by atoms with van der Waals surface area (Å²) in [5.74, 6) is 0.645. The smallest absolute Gasteiger partial charge is 0.265 e. The molecule has 5 nitrogen and oxygen atoms in total. The van der Waals surface area contributed by atoms with Crippen LogP contribution in [0.1, 0.15) is 19.8 Å². The first-order chi connectivity index (χ1) is 9.13. The van der Waals surface area contributed by atoms with Gasteiger partial charge in [0.25, 0.3) is 5.91 Å². The zero-order valence-electron chi connectivity index (χ0n) is 11.0. The number of carbonyl (C=O) groups excluding carboxylic acids is 1. The highest BCUT2D eigenvalue weighted by Crippen LogP contribution is 2.34. The summed E-state index contributed by atoms with van der Waals surface area (Å²) in [4.78, 5) is 13.8. The molecule has 5 heteroatoms. The predicted octanol–water partition coefficient (Wildman–Crippen LogP) is 1.56. The van der Waals surface area contributed by atoms with E-state index in [0.29, 0.717) is 18.0 Å². The van der Waals surface area contributed by atoms with Gasteiger partial charge in [0.05, 0.1) is 24.4 Å². The second-order valence-corrected chi connectivity index (χ2v) is 5.17. The summed E-state index contributed by atoms with van der Waals surface area (Å²) < 4.78 is 11.2. The summed E-state index contributed by atoms with van der Waals surface area (Å²) in [7, 11) is 0. The van der Waals surface area contributed by atoms with Crippen LogP contribution in [0.3, 0.4) is 0 Å². The van der Waals surface area contributed by atoms with Crippen molar-refractivity contribution in [1.29, 1.82) is 0 Å². The molecule has 0 aliphatic carbocycles. The fraction of sp³-hybridized carbons (Fsp3) is 0.500. The zero-order chi connectivity index (χ0) is 13.4. The molecule has 2 N–H and O–H groups in total. The van der Waals surface area contributed by atoms with E-state index in [9.17, 15) is 4.79 Å². The van der Waals surface area contributed by atoms with E-state index in [-0.39, 0.29) is 24.7 Å². The Hall–Kier alpha value is -1.75. The fourth-order valence-electron chi connectivity index (χ4n) is 2.64. The molecule has 2 aliphatic rings. The molecule has 2 heterocycles. The number of rotatable bonds is 2. The topological polar surface area (TPSA) is 64.8 Å². The van der Waals surface area contributed by atoms with Crippen molar-refractivity contribution in [2.45, 2.75) is 32.0 Å². The first-order valence-electron chi connectivity index (χ1n) is 6.61. The van der Waals surface area contributed by atoms with E-state index in [4.69, 9.17) is 15.2 Å². The molecule has 2 aliphatic heterocycles. The van der Waals surface area contributed by atoms with Crippen LogP contribution in [-0.4, -0.2) is 31.3 Å². The third-order valence-corrected chi connectivity index (χ3v) is 3.63. The molecular formula is C14H18N2O3. The predicted molar refractivity (Wildman–Crippen MR) is 72.3 cm³/mol. The molecule has 0 saturated carbocycles. The van der Waals surface area contributed by atoms with Gasteiger partial charge in [0.15, 0.2) is 6.61 Å². The number of carbonyl (C=O) groups is 1. The third-order valence-electron chi connectivity index (χ3n) is 3.63. The number of nitrogens with two attached hydrogens (primary N) is 1. The van der Waals surface area contributed by atoms with Gasteiger partial charge in [-0.25, -0.2) is 0 Å². The molecule has 1 aromatic carbocycles. The van der Waals surface area contributed by atoms with Crippen LogP contribution in [0.25, 0.3) is 0 Å². The van der Waals surface area contributed by atoms with Crippen LogP contribution in [0.4, 0.5) is 11.4 Å². The maximum atomic E-state index is 12.0. The molecule has 1 amide bonds. The molecule has 1 fully saturated rings. The monoisotopic (exact) mass is 262 g/mol. The number of ether oxygens (including phenoxy) is 2. The Labute approximate surface area is 112 Å². The van der Waals surface area contributed by atoms with Gasteiger partial charge >= 0.3 is 0 Å². The Morgan fingerprint density at radius 1 is 1.42 bits per heavy atom. The number of nitrogen functional groups attached to an aromatic ring is 1. The molecule has 0 spiro atoms. The van der Waals surface area contributed by atoms with Gasteiger partial charge < -0.3 is 20.1 Å². The van der Waals surface area contributed by atoms with Crippen molar-refractivity contribution in [2.24, 2.45) is 0 Å². The number of anilines is 2. The van der Waals surface area contributed by atoms with Gasteiger partial charge in [0.2, 0.25) is 0 Å². The number of amides is 1. The molecule has 0 radical (unpaired) electrons. The van der Waals surface area contributed by atoms with Gasteiger partial charge in [0.1, 0.15) is 5.75 Å². The van der Waals surface area contributed by atoms with Crippen molar-refractivity contribution in [3.05, 3.63) is 18.2 Å². The molecule has 2 atom stereocenters. The van der Waals surface area contributed by atoms with Gasteiger partial charge in [-0.2, -0.15) is 0 Å². The van der Waals surface area contributed by atoms with Crippen LogP contribution in [0.2, 0.25) is 0 Å². The van der Waals surface area contributed by atoms with Crippen LogP contribution in [0.5, 0.6) is 5.75 Å². The Bertz CT molecular complexity index is 503. The van der Waals surface area contributed by atoms with Gasteiger partial charge in [0, 0.05) is 11.8 Å². The quantitative estimate of drug-likeness (QED) is 0.821. The summed E-state index contributed by atoms with van der Waals surface area (Å²) in [5.41, 5.74) is 7.16. The summed E-state index contributed by atoms with van der Waals surface area (Å²) in [5, 5.41) is 0. The van der Waals surface area contributed by atoms with E-state index in [1.165, 1.54) is 0 Å². The maximum Gasteiger partial charge on any atom is 0.265 e. The minimum atomic E-state index is -0.0274. The lowest BCUT2D eigenvalue weighted by atomic mass is 10.1. The summed E-state index contributed by atoms with van der Waals surface area (Å²) in [6.45, 7) is 2.72. The van der Waals surface area contributed by atoms with Crippen molar-refractivity contribution in [3.8, 4) is 5.75 Å². The van der Waals surface area contributed by atoms with Crippen molar-refractivity contribution in [1.82, 2.24) is 0 Å². The second-order valence-electron chi connectivity index (χ2n) is 5.17. The molecular weight excluding hydrogens is 244 g/mol. The van der Waals surface area contributed by atoms with Gasteiger partial charge in [-0.1, -0.05) is 0 Å². The molecule has 1 aromatic rings. The minimum absolute atomic E-state index is 0.0274. The van der Waals surface area contributed by atoms with E-state index in [0.717, 1.165) is 18.5 Å². The van der Waals surface area contributed by atoms with E-state index < -0.39 is 0 Å². The molecule has 19 heavy (non-hydrogen) atoms. The number of hydrogen-bond donors (Lipinski definition) is 1. The SMILES string of the molecule is CC1CCC(CN2C(=O)COc3cc(N)ccc32)O1. The highest BCUT2D eigenvalue weighted by Gasteiger charge is 2.31. The molecule has 0 bridgehead atoms. The first kappa shape index (κ1) is 12.3. The Balaban J connectivity index is 1.82. The highest BCUT2D eigenvalue weighted by molar-refractivity contribution is 5.98. The molecule has 3 rings (SSSR count). The molecule has 0 aromatic heterocycles. The second kappa shape index (κ2) is 4.74. The van der Waals surface area contributed by atoms with E-state index in [2.05, 4.69) is 6.92 Å². The number of nitrogens with zero attached hydrogens (tertiary/aromatic N) is 1. The van der Waals surface area contributed by atoms with Crippen molar-refractivity contribution in [2.75, 3.05) is 23.8 Å². The number of hydrogen-bond acceptors (Lipinski definition) is 4. The Kier molecular flexibility index (Phi) is 3.06. The van der Waals surface area contributed by atoms with Crippen molar-refractivity contribution >= 4 is 17.3 Å². The Morgan fingerprint density at radius 3 is 3.00 bits per heavy atom. The summed E-state index contributed by atoms with van der Waals surface area (Å²) in [6.07, 6.45) is 2.45. The van der Waals surface area contributed by atoms with Crippen molar-refractivity contribution in [3.63, 3.8) is 0 Å². The van der Waals surface area contributed by atoms with Crippen LogP contribution in [-0.2, 0) is 9.53 Å².